The van der Waals surface area contributed by atoms with Gasteiger partial charge in [0.15, 0.2) is 0 Å². The van der Waals surface area contributed by atoms with Crippen LogP contribution < -0.4 is 0 Å². The third kappa shape index (κ3) is 2.10. The third-order valence-electron chi connectivity index (χ3n) is 1.84. The summed E-state index contributed by atoms with van der Waals surface area (Å²) >= 11 is 1.79. The second-order valence-electron chi connectivity index (χ2n) is 2.62. The molecule has 0 radical (unpaired) electrons. The van der Waals surface area contributed by atoms with Gasteiger partial charge >= 0.3 is 0 Å². The number of hydrogen-bond acceptors (Lipinski definition) is 3. The van der Waals surface area contributed by atoms with Crippen LogP contribution in [-0.4, -0.2) is 46.6 Å². The van der Waals surface area contributed by atoms with Gasteiger partial charge < -0.3 is 10.0 Å². The van der Waals surface area contributed by atoms with E-state index in [-0.39, 0.29) is 18.6 Å². The van der Waals surface area contributed by atoms with Crippen LogP contribution in [0.15, 0.2) is 0 Å². The molecule has 1 rings (SSSR count). The maximum Gasteiger partial charge on any atom is 0.219 e. The Balaban J connectivity index is 2.51. The molecule has 0 bridgehead atoms. The molecular weight excluding hydrogens is 162 g/mol. The number of aliphatic hydroxyl groups is 1. The number of rotatable bonds is 1. The zero-order valence-corrected chi connectivity index (χ0v) is 7.43. The predicted molar refractivity (Wildman–Crippen MR) is 45.6 cm³/mol. The van der Waals surface area contributed by atoms with Crippen molar-refractivity contribution in [2.24, 2.45) is 0 Å². The van der Waals surface area contributed by atoms with Crippen molar-refractivity contribution in [3.05, 3.63) is 0 Å². The van der Waals surface area contributed by atoms with Gasteiger partial charge in [0.2, 0.25) is 5.91 Å². The van der Waals surface area contributed by atoms with Crippen LogP contribution in [0, 0.1) is 0 Å². The second kappa shape index (κ2) is 3.97. The molecule has 1 atom stereocenters. The van der Waals surface area contributed by atoms with Gasteiger partial charge in [0, 0.05) is 25.0 Å². The molecule has 1 fully saturated rings. The highest BCUT2D eigenvalue weighted by Gasteiger charge is 2.23. The number of amides is 1. The van der Waals surface area contributed by atoms with Gasteiger partial charge in [-0.1, -0.05) is 0 Å². The van der Waals surface area contributed by atoms with Gasteiger partial charge in [-0.25, -0.2) is 0 Å². The van der Waals surface area contributed by atoms with Gasteiger partial charge in [-0.2, -0.15) is 11.8 Å². The number of carbonyl (C=O) groups excluding carboxylic acids is 1. The highest BCUT2D eigenvalue weighted by atomic mass is 32.2. The van der Waals surface area contributed by atoms with Gasteiger partial charge in [-0.3, -0.25) is 4.79 Å². The minimum atomic E-state index is 0.0475. The van der Waals surface area contributed by atoms with E-state index in [0.717, 1.165) is 18.1 Å². The van der Waals surface area contributed by atoms with Crippen LogP contribution in [-0.2, 0) is 4.79 Å². The molecule has 0 saturated carbocycles. The topological polar surface area (TPSA) is 40.5 Å². The smallest absolute Gasteiger partial charge is 0.219 e. The van der Waals surface area contributed by atoms with Gasteiger partial charge in [0.25, 0.3) is 0 Å². The van der Waals surface area contributed by atoms with Gasteiger partial charge in [-0.15, -0.1) is 0 Å². The molecule has 0 aliphatic carbocycles. The average Bonchev–Trinajstić information content (AvgIpc) is 2.04. The number of thioether (sulfide) groups is 1. The van der Waals surface area contributed by atoms with Crippen LogP contribution in [0.4, 0.5) is 0 Å². The summed E-state index contributed by atoms with van der Waals surface area (Å²) in [4.78, 5) is 12.7. The SMILES string of the molecule is CC(=O)N1CCSCC1CO. The molecular formula is C7H13NO2S. The first-order valence-corrected chi connectivity index (χ1v) is 4.87. The van der Waals surface area contributed by atoms with Crippen molar-refractivity contribution in [2.75, 3.05) is 24.7 Å². The molecule has 1 saturated heterocycles. The lowest BCUT2D eigenvalue weighted by molar-refractivity contribution is -0.131. The molecule has 3 nitrogen and oxygen atoms in total. The minimum absolute atomic E-state index is 0.0475. The zero-order chi connectivity index (χ0) is 8.27. The molecule has 1 heterocycles. The fourth-order valence-corrected chi connectivity index (χ4v) is 2.27. The quantitative estimate of drug-likeness (QED) is 0.607. The lowest BCUT2D eigenvalue weighted by Crippen LogP contribution is -2.46. The highest BCUT2D eigenvalue weighted by molar-refractivity contribution is 7.99. The molecule has 1 unspecified atom stereocenters. The van der Waals surface area contributed by atoms with Crippen LogP contribution in [0.2, 0.25) is 0 Å². The van der Waals surface area contributed by atoms with Crippen LogP contribution in [0.5, 0.6) is 0 Å². The largest absolute Gasteiger partial charge is 0.394 e. The van der Waals surface area contributed by atoms with E-state index >= 15 is 0 Å². The van der Waals surface area contributed by atoms with Gasteiger partial charge in [-0.05, 0) is 0 Å². The van der Waals surface area contributed by atoms with E-state index in [1.807, 2.05) is 0 Å². The normalized spacial score (nSPS) is 25.3. The monoisotopic (exact) mass is 175 g/mol. The first kappa shape index (κ1) is 8.87. The lowest BCUT2D eigenvalue weighted by atomic mass is 10.3. The minimum Gasteiger partial charge on any atom is -0.394 e. The predicted octanol–water partition coefficient (Wildman–Crippen LogP) is -0.0574. The molecule has 1 N–H and O–H groups in total. The fourth-order valence-electron chi connectivity index (χ4n) is 1.22. The Morgan fingerprint density at radius 2 is 2.55 bits per heavy atom. The molecule has 4 heteroatoms. The van der Waals surface area contributed by atoms with E-state index in [2.05, 4.69) is 0 Å². The summed E-state index contributed by atoms with van der Waals surface area (Å²) < 4.78 is 0. The van der Waals surface area contributed by atoms with Gasteiger partial charge in [0.1, 0.15) is 0 Å². The van der Waals surface area contributed by atoms with Crippen LogP contribution in [0.1, 0.15) is 6.92 Å². The van der Waals surface area contributed by atoms with E-state index in [0.29, 0.717) is 0 Å². The Kier molecular flexibility index (Phi) is 3.20. The summed E-state index contributed by atoms with van der Waals surface area (Å²) in [6.45, 7) is 2.43. The maximum absolute atomic E-state index is 11.0. The Bertz CT molecular complexity index is 151. The zero-order valence-electron chi connectivity index (χ0n) is 6.62. The summed E-state index contributed by atoms with van der Waals surface area (Å²) in [5, 5.41) is 8.90. The van der Waals surface area contributed by atoms with Crippen molar-refractivity contribution < 1.29 is 9.90 Å². The molecule has 64 valence electrons. The van der Waals surface area contributed by atoms with Crippen molar-refractivity contribution in [3.8, 4) is 0 Å². The van der Waals surface area contributed by atoms with Crippen molar-refractivity contribution in [2.45, 2.75) is 13.0 Å². The Hall–Kier alpha value is -0.220. The van der Waals surface area contributed by atoms with Crippen molar-refractivity contribution in [1.29, 1.82) is 0 Å². The number of carbonyl (C=O) groups is 1. The molecule has 0 aromatic rings. The molecule has 11 heavy (non-hydrogen) atoms. The van der Waals surface area contributed by atoms with E-state index in [1.54, 1.807) is 23.6 Å². The summed E-state index contributed by atoms with van der Waals surface area (Å²) in [5.41, 5.74) is 0. The maximum atomic E-state index is 11.0. The second-order valence-corrected chi connectivity index (χ2v) is 3.77. The van der Waals surface area contributed by atoms with Crippen molar-refractivity contribution in [3.63, 3.8) is 0 Å². The van der Waals surface area contributed by atoms with Crippen LogP contribution >= 0.6 is 11.8 Å². The summed E-state index contributed by atoms with van der Waals surface area (Å²) in [5.74, 6) is 1.94. The number of hydrogen-bond donors (Lipinski definition) is 1. The molecule has 0 aromatic heterocycles. The number of nitrogens with zero attached hydrogens (tertiary/aromatic N) is 1. The highest BCUT2D eigenvalue weighted by Crippen LogP contribution is 2.15. The van der Waals surface area contributed by atoms with Crippen LogP contribution in [0.25, 0.3) is 0 Å². The van der Waals surface area contributed by atoms with E-state index in [1.165, 1.54) is 0 Å². The summed E-state index contributed by atoms with van der Waals surface area (Å²) in [6.07, 6.45) is 0. The summed E-state index contributed by atoms with van der Waals surface area (Å²) in [6, 6.07) is 0.0475. The van der Waals surface area contributed by atoms with Crippen molar-refractivity contribution >= 4 is 17.7 Å². The number of aliphatic hydroxyl groups excluding tert-OH is 1. The first-order valence-electron chi connectivity index (χ1n) is 3.71. The fraction of sp³-hybridized carbons (Fsp3) is 0.857. The summed E-state index contributed by atoms with van der Waals surface area (Å²) in [7, 11) is 0. The van der Waals surface area contributed by atoms with E-state index in [9.17, 15) is 4.79 Å². The molecule has 0 aromatic carbocycles. The third-order valence-corrected chi connectivity index (χ3v) is 2.93. The van der Waals surface area contributed by atoms with E-state index < -0.39 is 0 Å². The van der Waals surface area contributed by atoms with Crippen molar-refractivity contribution in [1.82, 2.24) is 4.90 Å². The Labute approximate surface area is 70.8 Å². The first-order chi connectivity index (χ1) is 5.25. The lowest BCUT2D eigenvalue weighted by Gasteiger charge is -2.33. The standard InChI is InChI=1S/C7H13NO2S/c1-6(10)8-2-3-11-5-7(8)4-9/h7,9H,2-5H2,1H3. The Morgan fingerprint density at radius 1 is 1.82 bits per heavy atom. The van der Waals surface area contributed by atoms with Crippen LogP contribution in [0.3, 0.4) is 0 Å². The molecule has 1 amide bonds. The average molecular weight is 175 g/mol. The Morgan fingerprint density at radius 3 is 3.00 bits per heavy atom. The molecule has 1 aliphatic rings. The van der Waals surface area contributed by atoms with Gasteiger partial charge in [0.05, 0.1) is 12.6 Å². The molecule has 0 spiro atoms. The van der Waals surface area contributed by atoms with E-state index in [4.69, 9.17) is 5.11 Å². The molecule has 1 aliphatic heterocycles.